The molecule has 0 fully saturated rings. The Morgan fingerprint density at radius 2 is 2.04 bits per heavy atom. The molecule has 0 aliphatic heterocycles. The first-order valence-electron chi connectivity index (χ1n) is 8.07. The summed E-state index contributed by atoms with van der Waals surface area (Å²) in [6, 6.07) is 0. The molecular formula is C16H29IN4O2S. The van der Waals surface area contributed by atoms with Crippen molar-refractivity contribution in [2.24, 2.45) is 4.99 Å². The van der Waals surface area contributed by atoms with Crippen LogP contribution in [0.2, 0.25) is 0 Å². The van der Waals surface area contributed by atoms with E-state index in [1.54, 1.807) is 11.3 Å². The molecule has 1 heterocycles. The Labute approximate surface area is 165 Å². The zero-order chi connectivity index (χ0) is 17.2. The van der Waals surface area contributed by atoms with Gasteiger partial charge in [0, 0.05) is 30.9 Å². The Bertz CT molecular complexity index is 513. The van der Waals surface area contributed by atoms with Crippen molar-refractivity contribution in [2.75, 3.05) is 19.6 Å². The monoisotopic (exact) mass is 468 g/mol. The fourth-order valence-electron chi connectivity index (χ4n) is 1.86. The SMILES string of the molecule is CCNC(=NCCc1nc(C)c(C)s1)NCCC(=O)OC(C)C.I. The highest BCUT2D eigenvalue weighted by atomic mass is 127. The predicted octanol–water partition coefficient (Wildman–Crippen LogP) is 2.82. The molecule has 0 amide bonds. The number of esters is 1. The van der Waals surface area contributed by atoms with Crippen molar-refractivity contribution in [3.05, 3.63) is 15.6 Å². The van der Waals surface area contributed by atoms with Crippen LogP contribution < -0.4 is 10.6 Å². The third-order valence-electron chi connectivity index (χ3n) is 3.00. The minimum atomic E-state index is -0.197. The molecule has 0 atom stereocenters. The number of ether oxygens (including phenoxy) is 1. The van der Waals surface area contributed by atoms with E-state index in [1.807, 2.05) is 27.7 Å². The number of guanidine groups is 1. The van der Waals surface area contributed by atoms with Gasteiger partial charge in [0.25, 0.3) is 0 Å². The Balaban J connectivity index is 0.00000529. The molecule has 0 radical (unpaired) electrons. The van der Waals surface area contributed by atoms with Crippen molar-refractivity contribution < 1.29 is 9.53 Å². The zero-order valence-corrected chi connectivity index (χ0v) is 18.3. The fourth-order valence-corrected chi connectivity index (χ4v) is 2.78. The molecule has 0 aliphatic carbocycles. The van der Waals surface area contributed by atoms with Gasteiger partial charge in [0.15, 0.2) is 5.96 Å². The molecule has 1 rings (SSSR count). The molecule has 138 valence electrons. The lowest BCUT2D eigenvalue weighted by atomic mass is 10.4. The summed E-state index contributed by atoms with van der Waals surface area (Å²) < 4.78 is 5.10. The lowest BCUT2D eigenvalue weighted by Gasteiger charge is -2.12. The average molecular weight is 468 g/mol. The van der Waals surface area contributed by atoms with Gasteiger partial charge in [-0.15, -0.1) is 35.3 Å². The van der Waals surface area contributed by atoms with E-state index >= 15 is 0 Å². The maximum atomic E-state index is 11.5. The third-order valence-corrected chi connectivity index (χ3v) is 4.13. The highest BCUT2D eigenvalue weighted by Crippen LogP contribution is 2.16. The Morgan fingerprint density at radius 1 is 1.33 bits per heavy atom. The van der Waals surface area contributed by atoms with Crippen LogP contribution in [-0.2, 0) is 16.0 Å². The summed E-state index contributed by atoms with van der Waals surface area (Å²) in [4.78, 5) is 21.8. The molecule has 1 aromatic rings. The van der Waals surface area contributed by atoms with Crippen molar-refractivity contribution in [1.29, 1.82) is 0 Å². The number of nitrogens with zero attached hydrogens (tertiary/aromatic N) is 2. The number of thiazole rings is 1. The van der Waals surface area contributed by atoms with Crippen molar-refractivity contribution in [2.45, 2.75) is 53.6 Å². The third kappa shape index (κ3) is 9.41. The molecular weight excluding hydrogens is 439 g/mol. The van der Waals surface area contributed by atoms with E-state index in [9.17, 15) is 4.79 Å². The molecule has 6 nitrogen and oxygen atoms in total. The molecule has 1 aromatic heterocycles. The maximum Gasteiger partial charge on any atom is 0.307 e. The summed E-state index contributed by atoms with van der Waals surface area (Å²) in [5, 5.41) is 7.43. The molecule has 8 heteroatoms. The lowest BCUT2D eigenvalue weighted by Crippen LogP contribution is -2.38. The van der Waals surface area contributed by atoms with E-state index in [1.165, 1.54) is 4.88 Å². The second-order valence-electron chi connectivity index (χ2n) is 5.48. The molecule has 2 N–H and O–H groups in total. The standard InChI is InChI=1S/C16H28N4O2S.HI/c1-6-17-16(19-10-8-15(21)22-11(2)3)18-9-7-14-20-12(4)13(5)23-14;/h11H,6-10H2,1-5H3,(H2,17,18,19);1H. The number of aromatic nitrogens is 1. The topological polar surface area (TPSA) is 75.6 Å². The van der Waals surface area contributed by atoms with Crippen LogP contribution in [0, 0.1) is 13.8 Å². The number of hydrogen-bond donors (Lipinski definition) is 2. The minimum absolute atomic E-state index is 0. The van der Waals surface area contributed by atoms with Crippen LogP contribution in [0.4, 0.5) is 0 Å². The second kappa shape index (κ2) is 12.5. The Hall–Kier alpha value is -0.900. The summed E-state index contributed by atoms with van der Waals surface area (Å²) >= 11 is 1.72. The van der Waals surface area contributed by atoms with E-state index in [0.29, 0.717) is 19.5 Å². The summed E-state index contributed by atoms with van der Waals surface area (Å²) in [7, 11) is 0. The van der Waals surface area contributed by atoms with Gasteiger partial charge < -0.3 is 15.4 Å². The Kier molecular flexibility index (Phi) is 12.0. The van der Waals surface area contributed by atoms with Gasteiger partial charge >= 0.3 is 5.97 Å². The molecule has 0 unspecified atom stereocenters. The van der Waals surface area contributed by atoms with Crippen molar-refractivity contribution in [1.82, 2.24) is 15.6 Å². The van der Waals surface area contributed by atoms with Gasteiger partial charge in [0.1, 0.15) is 0 Å². The van der Waals surface area contributed by atoms with E-state index in [2.05, 4.69) is 27.5 Å². The normalized spacial score (nSPS) is 11.2. The highest BCUT2D eigenvalue weighted by molar-refractivity contribution is 14.0. The smallest absolute Gasteiger partial charge is 0.307 e. The highest BCUT2D eigenvalue weighted by Gasteiger charge is 2.06. The Morgan fingerprint density at radius 3 is 2.58 bits per heavy atom. The summed E-state index contributed by atoms with van der Waals surface area (Å²) in [5.74, 6) is 0.520. The number of carbonyl (C=O) groups excluding carboxylic acids is 1. The van der Waals surface area contributed by atoms with E-state index in [0.717, 1.165) is 29.6 Å². The number of carbonyl (C=O) groups is 1. The first kappa shape index (κ1) is 23.1. The fraction of sp³-hybridized carbons (Fsp3) is 0.688. The van der Waals surface area contributed by atoms with Crippen molar-refractivity contribution in [3.63, 3.8) is 0 Å². The number of rotatable bonds is 8. The van der Waals surface area contributed by atoms with Crippen LogP contribution in [0.5, 0.6) is 0 Å². The molecule has 24 heavy (non-hydrogen) atoms. The van der Waals surface area contributed by atoms with Gasteiger partial charge in [-0.1, -0.05) is 0 Å². The predicted molar refractivity (Wildman–Crippen MR) is 111 cm³/mol. The van der Waals surface area contributed by atoms with Gasteiger partial charge in [-0.2, -0.15) is 0 Å². The first-order valence-corrected chi connectivity index (χ1v) is 8.88. The molecule has 0 saturated heterocycles. The van der Waals surface area contributed by atoms with Gasteiger partial charge in [0.05, 0.1) is 23.2 Å². The molecule has 0 bridgehead atoms. The maximum absolute atomic E-state index is 11.5. The van der Waals surface area contributed by atoms with Gasteiger partial charge in [-0.25, -0.2) is 4.98 Å². The van der Waals surface area contributed by atoms with Crippen molar-refractivity contribution >= 4 is 47.2 Å². The number of halogens is 1. The second-order valence-corrected chi connectivity index (χ2v) is 6.76. The van der Waals surface area contributed by atoms with Gasteiger partial charge in [-0.05, 0) is 34.6 Å². The quantitative estimate of drug-likeness (QED) is 0.266. The number of nitrogens with one attached hydrogen (secondary N) is 2. The number of aliphatic imine (C=N–C) groups is 1. The number of hydrogen-bond acceptors (Lipinski definition) is 5. The molecule has 0 spiro atoms. The van der Waals surface area contributed by atoms with E-state index < -0.39 is 0 Å². The average Bonchev–Trinajstić information content (AvgIpc) is 2.76. The van der Waals surface area contributed by atoms with Crippen LogP contribution in [0.15, 0.2) is 4.99 Å². The van der Waals surface area contributed by atoms with Crippen LogP contribution in [-0.4, -0.2) is 42.7 Å². The summed E-state index contributed by atoms with van der Waals surface area (Å²) in [5.41, 5.74) is 1.10. The molecule has 0 saturated carbocycles. The van der Waals surface area contributed by atoms with E-state index in [-0.39, 0.29) is 36.0 Å². The van der Waals surface area contributed by atoms with Crippen molar-refractivity contribution in [3.8, 4) is 0 Å². The molecule has 0 aromatic carbocycles. The first-order chi connectivity index (χ1) is 10.9. The largest absolute Gasteiger partial charge is 0.463 e. The van der Waals surface area contributed by atoms with E-state index in [4.69, 9.17) is 4.74 Å². The molecule has 0 aliphatic rings. The summed E-state index contributed by atoms with van der Waals surface area (Å²) in [6.45, 7) is 11.8. The van der Waals surface area contributed by atoms with Crippen LogP contribution in [0.3, 0.4) is 0 Å². The van der Waals surface area contributed by atoms with Crippen LogP contribution in [0.1, 0.15) is 42.8 Å². The van der Waals surface area contributed by atoms with Gasteiger partial charge in [-0.3, -0.25) is 9.79 Å². The number of aryl methyl sites for hydroxylation is 2. The summed E-state index contributed by atoms with van der Waals surface area (Å²) in [6.07, 6.45) is 1.08. The lowest BCUT2D eigenvalue weighted by molar-refractivity contribution is -0.147. The van der Waals surface area contributed by atoms with Crippen LogP contribution >= 0.6 is 35.3 Å². The minimum Gasteiger partial charge on any atom is -0.463 e. The van der Waals surface area contributed by atoms with Crippen LogP contribution in [0.25, 0.3) is 0 Å². The van der Waals surface area contributed by atoms with Gasteiger partial charge in [0.2, 0.25) is 0 Å². The zero-order valence-electron chi connectivity index (χ0n) is 15.1.